The predicted molar refractivity (Wildman–Crippen MR) is 57.5 cm³/mol. The van der Waals surface area contributed by atoms with Crippen LogP contribution in [0.15, 0.2) is 0 Å². The first kappa shape index (κ1) is 10.6. The molecule has 1 fully saturated rings. The van der Waals surface area contributed by atoms with Crippen LogP contribution >= 0.6 is 0 Å². The van der Waals surface area contributed by atoms with Crippen molar-refractivity contribution in [2.75, 3.05) is 6.54 Å². The van der Waals surface area contributed by atoms with E-state index in [1.165, 1.54) is 19.3 Å². The summed E-state index contributed by atoms with van der Waals surface area (Å²) < 4.78 is 0. The van der Waals surface area contributed by atoms with Crippen LogP contribution in [-0.2, 0) is 0 Å². The van der Waals surface area contributed by atoms with Crippen molar-refractivity contribution in [3.05, 3.63) is 0 Å². The van der Waals surface area contributed by atoms with Gasteiger partial charge in [0.25, 0.3) is 0 Å². The summed E-state index contributed by atoms with van der Waals surface area (Å²) in [6.45, 7) is 7.68. The highest BCUT2D eigenvalue weighted by molar-refractivity contribution is 4.96. The molecule has 0 aliphatic heterocycles. The predicted octanol–water partition coefficient (Wildman–Crippen LogP) is 2.57. The maximum atomic E-state index is 3.57. The molecule has 0 saturated heterocycles. The second kappa shape index (κ2) is 4.67. The van der Waals surface area contributed by atoms with Crippen LogP contribution in [0, 0.1) is 17.3 Å². The molecular formula is C12H21N. The Labute approximate surface area is 82.3 Å². The molecule has 0 radical (unpaired) electrons. The Morgan fingerprint density at radius 2 is 2.23 bits per heavy atom. The molecule has 1 heteroatoms. The number of rotatable bonds is 3. The van der Waals surface area contributed by atoms with Crippen molar-refractivity contribution in [2.45, 2.75) is 52.5 Å². The molecule has 13 heavy (non-hydrogen) atoms. The smallest absolute Gasteiger partial charge is 0.0214 e. The van der Waals surface area contributed by atoms with Gasteiger partial charge in [0, 0.05) is 19.0 Å². The zero-order chi connectivity index (χ0) is 9.73. The molecule has 1 saturated carbocycles. The molecule has 0 amide bonds. The van der Waals surface area contributed by atoms with Gasteiger partial charge in [0.05, 0.1) is 0 Å². The molecule has 1 aliphatic carbocycles. The Morgan fingerprint density at radius 1 is 1.46 bits per heavy atom. The SMILES string of the molecule is CC#CCCNC1CCC(C)(C)C1. The Bertz CT molecular complexity index is 207. The molecule has 1 N–H and O–H groups in total. The minimum absolute atomic E-state index is 0.564. The average Bonchev–Trinajstić information content (AvgIpc) is 2.40. The maximum Gasteiger partial charge on any atom is 0.0214 e. The van der Waals surface area contributed by atoms with E-state index >= 15 is 0 Å². The number of hydrogen-bond acceptors (Lipinski definition) is 1. The van der Waals surface area contributed by atoms with Crippen molar-refractivity contribution in [1.29, 1.82) is 0 Å². The van der Waals surface area contributed by atoms with Gasteiger partial charge in [-0.2, -0.15) is 0 Å². The van der Waals surface area contributed by atoms with Gasteiger partial charge >= 0.3 is 0 Å². The van der Waals surface area contributed by atoms with Gasteiger partial charge in [-0.3, -0.25) is 0 Å². The fraction of sp³-hybridized carbons (Fsp3) is 0.833. The van der Waals surface area contributed by atoms with Gasteiger partial charge in [-0.25, -0.2) is 0 Å². The highest BCUT2D eigenvalue weighted by Gasteiger charge is 2.29. The first-order chi connectivity index (χ1) is 6.14. The normalized spacial score (nSPS) is 25.3. The quantitative estimate of drug-likeness (QED) is 0.518. The average molecular weight is 179 g/mol. The van der Waals surface area contributed by atoms with Crippen molar-refractivity contribution in [3.8, 4) is 11.8 Å². The van der Waals surface area contributed by atoms with Gasteiger partial charge in [-0.05, 0) is 31.6 Å². The summed E-state index contributed by atoms with van der Waals surface area (Å²) in [5.74, 6) is 6.00. The number of hydrogen-bond donors (Lipinski definition) is 1. The molecule has 1 atom stereocenters. The van der Waals surface area contributed by atoms with Crippen LogP contribution in [0.5, 0.6) is 0 Å². The summed E-state index contributed by atoms with van der Waals surface area (Å²) in [5.41, 5.74) is 0.564. The zero-order valence-electron chi connectivity index (χ0n) is 9.11. The second-order valence-electron chi connectivity index (χ2n) is 4.73. The fourth-order valence-corrected chi connectivity index (χ4v) is 2.07. The molecule has 0 bridgehead atoms. The van der Waals surface area contributed by atoms with E-state index in [1.807, 2.05) is 6.92 Å². The van der Waals surface area contributed by atoms with Crippen LogP contribution in [0.4, 0.5) is 0 Å². The lowest BCUT2D eigenvalue weighted by atomic mass is 9.92. The molecule has 1 unspecified atom stereocenters. The maximum absolute atomic E-state index is 3.57. The van der Waals surface area contributed by atoms with Crippen molar-refractivity contribution in [3.63, 3.8) is 0 Å². The van der Waals surface area contributed by atoms with E-state index in [0.717, 1.165) is 19.0 Å². The van der Waals surface area contributed by atoms with Crippen molar-refractivity contribution >= 4 is 0 Å². The molecular weight excluding hydrogens is 158 g/mol. The molecule has 1 rings (SSSR count). The van der Waals surface area contributed by atoms with E-state index < -0.39 is 0 Å². The van der Waals surface area contributed by atoms with E-state index in [-0.39, 0.29) is 0 Å². The van der Waals surface area contributed by atoms with Crippen LogP contribution in [0.2, 0.25) is 0 Å². The van der Waals surface area contributed by atoms with Crippen LogP contribution in [0.1, 0.15) is 46.5 Å². The third-order valence-corrected chi connectivity index (χ3v) is 2.83. The topological polar surface area (TPSA) is 12.0 Å². The largest absolute Gasteiger partial charge is 0.313 e. The van der Waals surface area contributed by atoms with Crippen LogP contribution in [0.3, 0.4) is 0 Å². The van der Waals surface area contributed by atoms with E-state index in [1.54, 1.807) is 0 Å². The Hall–Kier alpha value is -0.480. The van der Waals surface area contributed by atoms with Gasteiger partial charge in [0.2, 0.25) is 0 Å². The molecule has 1 nitrogen and oxygen atoms in total. The lowest BCUT2D eigenvalue weighted by molar-refractivity contribution is 0.365. The van der Waals surface area contributed by atoms with Crippen molar-refractivity contribution in [1.82, 2.24) is 5.32 Å². The minimum Gasteiger partial charge on any atom is -0.313 e. The molecule has 1 aliphatic rings. The summed E-state index contributed by atoms with van der Waals surface area (Å²) in [5, 5.41) is 3.57. The standard InChI is InChI=1S/C12H21N/c1-4-5-6-9-13-11-7-8-12(2,3)10-11/h11,13H,6-10H2,1-3H3. The number of nitrogens with one attached hydrogen (secondary N) is 1. The zero-order valence-corrected chi connectivity index (χ0v) is 9.11. The molecule has 0 aromatic rings. The van der Waals surface area contributed by atoms with Gasteiger partial charge in [0.15, 0.2) is 0 Å². The second-order valence-corrected chi connectivity index (χ2v) is 4.73. The molecule has 0 aromatic carbocycles. The monoisotopic (exact) mass is 179 g/mol. The van der Waals surface area contributed by atoms with E-state index in [9.17, 15) is 0 Å². The van der Waals surface area contributed by atoms with Crippen LogP contribution in [0.25, 0.3) is 0 Å². The van der Waals surface area contributed by atoms with Gasteiger partial charge in [0.1, 0.15) is 0 Å². The lowest BCUT2D eigenvalue weighted by Gasteiger charge is -2.17. The third kappa shape index (κ3) is 3.83. The first-order valence-electron chi connectivity index (χ1n) is 5.27. The summed E-state index contributed by atoms with van der Waals surface area (Å²) in [7, 11) is 0. The van der Waals surface area contributed by atoms with E-state index in [4.69, 9.17) is 0 Å². The Morgan fingerprint density at radius 3 is 2.77 bits per heavy atom. The summed E-state index contributed by atoms with van der Waals surface area (Å²) in [6.07, 6.45) is 5.02. The van der Waals surface area contributed by atoms with Gasteiger partial charge in [-0.15, -0.1) is 11.8 Å². The van der Waals surface area contributed by atoms with Gasteiger partial charge in [-0.1, -0.05) is 13.8 Å². The Balaban J connectivity index is 2.13. The van der Waals surface area contributed by atoms with Gasteiger partial charge < -0.3 is 5.32 Å². The highest BCUT2D eigenvalue weighted by atomic mass is 14.9. The fourth-order valence-electron chi connectivity index (χ4n) is 2.07. The third-order valence-electron chi connectivity index (χ3n) is 2.83. The summed E-state index contributed by atoms with van der Waals surface area (Å²) in [4.78, 5) is 0. The van der Waals surface area contributed by atoms with Crippen LogP contribution in [-0.4, -0.2) is 12.6 Å². The van der Waals surface area contributed by atoms with Crippen LogP contribution < -0.4 is 5.32 Å². The summed E-state index contributed by atoms with van der Waals surface area (Å²) in [6, 6.07) is 0.744. The van der Waals surface area contributed by atoms with Crippen molar-refractivity contribution < 1.29 is 0 Å². The lowest BCUT2D eigenvalue weighted by Crippen LogP contribution is -2.28. The molecule has 0 heterocycles. The van der Waals surface area contributed by atoms with Crippen molar-refractivity contribution in [2.24, 2.45) is 5.41 Å². The highest BCUT2D eigenvalue weighted by Crippen LogP contribution is 2.36. The molecule has 0 spiro atoms. The van der Waals surface area contributed by atoms with E-state index in [0.29, 0.717) is 5.41 Å². The minimum atomic E-state index is 0.564. The molecule has 74 valence electrons. The summed E-state index contributed by atoms with van der Waals surface area (Å²) >= 11 is 0. The Kier molecular flexibility index (Phi) is 3.81. The first-order valence-corrected chi connectivity index (χ1v) is 5.27. The van der Waals surface area contributed by atoms with E-state index in [2.05, 4.69) is 31.0 Å². The molecule has 0 aromatic heterocycles.